The summed E-state index contributed by atoms with van der Waals surface area (Å²) in [6, 6.07) is 6.39. The molecule has 1 aromatic rings. The van der Waals surface area contributed by atoms with Crippen LogP contribution in [0.15, 0.2) is 60.1 Å². The molecule has 1 unspecified atom stereocenters. The molecule has 1 heterocycles. The van der Waals surface area contributed by atoms with Gasteiger partial charge in [-0.3, -0.25) is 4.79 Å². The van der Waals surface area contributed by atoms with Crippen LogP contribution in [0.2, 0.25) is 0 Å². The molecule has 10 heteroatoms. The van der Waals surface area contributed by atoms with Gasteiger partial charge in [0.25, 0.3) is 0 Å². The van der Waals surface area contributed by atoms with Crippen molar-refractivity contribution in [3.05, 3.63) is 60.1 Å². The van der Waals surface area contributed by atoms with E-state index in [0.29, 0.717) is 38.2 Å². The van der Waals surface area contributed by atoms with Gasteiger partial charge < -0.3 is 20.3 Å². The lowest BCUT2D eigenvalue weighted by atomic mass is 9.99. The first-order valence-electron chi connectivity index (χ1n) is 10.1. The molecular formula is C21H27N3O6S. The Balaban J connectivity index is 1.29. The summed E-state index contributed by atoms with van der Waals surface area (Å²) >= 11 is 0. The Kier molecular flexibility index (Phi) is 7.45. The molecule has 9 nitrogen and oxygen atoms in total. The summed E-state index contributed by atoms with van der Waals surface area (Å²) in [6.07, 6.45) is 9.54. The summed E-state index contributed by atoms with van der Waals surface area (Å²) in [5.41, 5.74) is 0.972. The number of aromatic hydroxyl groups is 1. The number of hydrogen-bond donors (Lipinski definition) is 4. The monoisotopic (exact) mass is 449 g/mol. The second kappa shape index (κ2) is 10.3. The number of phenols is 1. The SMILES string of the molecule is O=C(CCC1=CCC(N2C=C(O)NS2(=O)=O)C=C1)NCCCCOc1ccccc1O. The second-order valence-electron chi connectivity index (χ2n) is 7.27. The van der Waals surface area contributed by atoms with Crippen molar-refractivity contribution in [3.63, 3.8) is 0 Å². The predicted molar refractivity (Wildman–Crippen MR) is 115 cm³/mol. The average molecular weight is 450 g/mol. The van der Waals surface area contributed by atoms with Crippen LogP contribution < -0.4 is 14.8 Å². The van der Waals surface area contributed by atoms with Crippen LogP contribution in [0.1, 0.15) is 32.1 Å². The van der Waals surface area contributed by atoms with E-state index in [-0.39, 0.29) is 11.7 Å². The van der Waals surface area contributed by atoms with E-state index in [1.807, 2.05) is 16.9 Å². The van der Waals surface area contributed by atoms with Crippen LogP contribution in [0.4, 0.5) is 0 Å². The molecule has 168 valence electrons. The van der Waals surface area contributed by atoms with E-state index in [4.69, 9.17) is 4.74 Å². The molecule has 0 saturated heterocycles. The van der Waals surface area contributed by atoms with Crippen LogP contribution in [0.25, 0.3) is 0 Å². The van der Waals surface area contributed by atoms with Gasteiger partial charge in [-0.05, 0) is 37.8 Å². The van der Waals surface area contributed by atoms with E-state index < -0.39 is 22.1 Å². The van der Waals surface area contributed by atoms with Gasteiger partial charge in [0.05, 0.1) is 18.8 Å². The molecule has 0 saturated carbocycles. The number of ether oxygens (including phenoxy) is 1. The third-order valence-corrected chi connectivity index (χ3v) is 6.30. The van der Waals surface area contributed by atoms with Gasteiger partial charge in [-0.25, -0.2) is 9.03 Å². The normalized spacial score (nSPS) is 19.4. The maximum absolute atomic E-state index is 12.0. The predicted octanol–water partition coefficient (Wildman–Crippen LogP) is 2.21. The first-order valence-corrected chi connectivity index (χ1v) is 11.6. The number of phenolic OH excluding ortho intramolecular Hbond substituents is 1. The standard InChI is InChI=1S/C21H27N3O6S/c25-18-5-1-2-6-19(18)30-14-4-3-13-22-20(26)12-9-16-7-10-17(11-8-16)24-15-21(27)23-31(24,28)29/h1-2,5-8,10,15,17,23,25,27H,3-4,9,11-14H2,(H,22,26). The number of aliphatic hydroxyl groups is 1. The molecule has 1 aliphatic carbocycles. The van der Waals surface area contributed by atoms with Crippen molar-refractivity contribution in [2.24, 2.45) is 0 Å². The smallest absolute Gasteiger partial charge is 0.326 e. The largest absolute Gasteiger partial charge is 0.504 e. The number of aliphatic hydroxyl groups excluding tert-OH is 1. The van der Waals surface area contributed by atoms with E-state index in [9.17, 15) is 23.4 Å². The minimum Gasteiger partial charge on any atom is -0.504 e. The fraction of sp³-hybridized carbons (Fsp3) is 0.381. The number of carbonyl (C=O) groups excluding carboxylic acids is 1. The summed E-state index contributed by atoms with van der Waals surface area (Å²) in [6.45, 7) is 1.01. The molecule has 0 bridgehead atoms. The van der Waals surface area contributed by atoms with Gasteiger partial charge >= 0.3 is 10.2 Å². The number of amides is 1. The number of nitrogens with one attached hydrogen (secondary N) is 2. The van der Waals surface area contributed by atoms with Crippen molar-refractivity contribution in [1.82, 2.24) is 14.3 Å². The zero-order chi connectivity index (χ0) is 22.3. The lowest BCUT2D eigenvalue weighted by Gasteiger charge is -2.24. The van der Waals surface area contributed by atoms with Gasteiger partial charge in [0.1, 0.15) is 0 Å². The molecular weight excluding hydrogens is 422 g/mol. The van der Waals surface area contributed by atoms with Gasteiger partial charge in [0.2, 0.25) is 11.8 Å². The molecule has 1 amide bonds. The Morgan fingerprint density at radius 1 is 1.26 bits per heavy atom. The van der Waals surface area contributed by atoms with E-state index in [1.165, 1.54) is 0 Å². The maximum Gasteiger partial charge on any atom is 0.326 e. The fourth-order valence-corrected chi connectivity index (χ4v) is 4.44. The molecule has 4 N–H and O–H groups in total. The number of allylic oxidation sites excluding steroid dienone is 2. The molecule has 0 spiro atoms. The zero-order valence-corrected chi connectivity index (χ0v) is 17.8. The quantitative estimate of drug-likeness (QED) is 0.406. The van der Waals surface area contributed by atoms with Crippen molar-refractivity contribution < 1.29 is 28.2 Å². The van der Waals surface area contributed by atoms with Crippen molar-refractivity contribution in [3.8, 4) is 11.5 Å². The van der Waals surface area contributed by atoms with Crippen LogP contribution in [0.5, 0.6) is 11.5 Å². The van der Waals surface area contributed by atoms with Crippen LogP contribution in [-0.4, -0.2) is 48.0 Å². The Labute approximate surface area is 181 Å². The minimum absolute atomic E-state index is 0.0442. The van der Waals surface area contributed by atoms with Gasteiger partial charge in [-0.15, -0.1) is 0 Å². The number of para-hydroxylation sites is 2. The average Bonchev–Trinajstić information content (AvgIpc) is 3.02. The van der Waals surface area contributed by atoms with Crippen molar-refractivity contribution in [2.75, 3.05) is 13.2 Å². The molecule has 1 atom stereocenters. The molecule has 0 fully saturated rings. The van der Waals surface area contributed by atoms with Crippen LogP contribution in [-0.2, 0) is 15.0 Å². The molecule has 0 radical (unpaired) electrons. The van der Waals surface area contributed by atoms with E-state index in [1.54, 1.807) is 30.3 Å². The number of rotatable bonds is 10. The first kappa shape index (κ1) is 22.5. The molecule has 3 rings (SSSR count). The molecule has 2 aliphatic rings. The Morgan fingerprint density at radius 3 is 2.74 bits per heavy atom. The highest BCUT2D eigenvalue weighted by atomic mass is 32.2. The van der Waals surface area contributed by atoms with Gasteiger partial charge in [-0.2, -0.15) is 8.42 Å². The summed E-state index contributed by atoms with van der Waals surface area (Å²) in [5.74, 6) is 0.123. The number of nitrogens with zero attached hydrogens (tertiary/aromatic N) is 1. The minimum atomic E-state index is -3.74. The Morgan fingerprint density at radius 2 is 2.06 bits per heavy atom. The fourth-order valence-electron chi connectivity index (χ4n) is 3.27. The number of hydrogen-bond acceptors (Lipinski definition) is 6. The third kappa shape index (κ3) is 6.42. The zero-order valence-electron chi connectivity index (χ0n) is 17.0. The van der Waals surface area contributed by atoms with Crippen LogP contribution in [0.3, 0.4) is 0 Å². The summed E-state index contributed by atoms with van der Waals surface area (Å²) in [7, 11) is -3.74. The molecule has 1 aromatic carbocycles. The Bertz CT molecular complexity index is 987. The number of benzene rings is 1. The second-order valence-corrected chi connectivity index (χ2v) is 8.84. The maximum atomic E-state index is 12.0. The van der Waals surface area contributed by atoms with Gasteiger partial charge in [0.15, 0.2) is 11.5 Å². The molecule has 1 aliphatic heterocycles. The van der Waals surface area contributed by atoms with E-state index in [0.717, 1.165) is 28.9 Å². The highest BCUT2D eigenvalue weighted by Crippen LogP contribution is 2.25. The summed E-state index contributed by atoms with van der Waals surface area (Å²) < 4.78 is 32.4. The van der Waals surface area contributed by atoms with Crippen molar-refractivity contribution >= 4 is 16.1 Å². The number of unbranched alkanes of at least 4 members (excludes halogenated alkanes) is 1. The number of carbonyl (C=O) groups is 1. The lowest BCUT2D eigenvalue weighted by Crippen LogP contribution is -2.37. The van der Waals surface area contributed by atoms with Crippen LogP contribution >= 0.6 is 0 Å². The third-order valence-electron chi connectivity index (χ3n) is 4.90. The first-order chi connectivity index (χ1) is 14.8. The van der Waals surface area contributed by atoms with E-state index in [2.05, 4.69) is 5.32 Å². The summed E-state index contributed by atoms with van der Waals surface area (Å²) in [5, 5.41) is 21.9. The van der Waals surface area contributed by atoms with Crippen molar-refractivity contribution in [2.45, 2.75) is 38.1 Å². The Hall–Kier alpha value is -3.14. The van der Waals surface area contributed by atoms with E-state index >= 15 is 0 Å². The lowest BCUT2D eigenvalue weighted by molar-refractivity contribution is -0.121. The van der Waals surface area contributed by atoms with Crippen molar-refractivity contribution in [1.29, 1.82) is 0 Å². The highest BCUT2D eigenvalue weighted by molar-refractivity contribution is 7.87. The topological polar surface area (TPSA) is 128 Å². The van der Waals surface area contributed by atoms with Crippen LogP contribution in [0, 0.1) is 0 Å². The summed E-state index contributed by atoms with van der Waals surface area (Å²) in [4.78, 5) is 12.0. The molecule has 31 heavy (non-hydrogen) atoms. The highest BCUT2D eigenvalue weighted by Gasteiger charge is 2.32. The van der Waals surface area contributed by atoms with Gasteiger partial charge in [0, 0.05) is 13.0 Å². The molecule has 0 aromatic heterocycles. The van der Waals surface area contributed by atoms with Gasteiger partial charge in [-0.1, -0.05) is 35.9 Å².